The third kappa shape index (κ3) is 2.05. The molecule has 0 bridgehead atoms. The number of nitrogen functional groups attached to an aromatic ring is 1. The van der Waals surface area contributed by atoms with Crippen molar-refractivity contribution in [3.05, 3.63) is 29.5 Å². The lowest BCUT2D eigenvalue weighted by Gasteiger charge is -2.11. The molecule has 0 spiro atoms. The molecule has 2 aromatic rings. The highest BCUT2D eigenvalue weighted by molar-refractivity contribution is 5.68. The zero-order valence-electron chi connectivity index (χ0n) is 11.6. The molecule has 5 heteroatoms. The minimum absolute atomic E-state index is 0.576. The van der Waals surface area contributed by atoms with E-state index in [2.05, 4.69) is 9.97 Å². The van der Waals surface area contributed by atoms with E-state index in [1.54, 1.807) is 14.2 Å². The maximum absolute atomic E-state index is 6.05. The summed E-state index contributed by atoms with van der Waals surface area (Å²) in [5.74, 6) is 2.62. The molecule has 0 amide bonds. The molecule has 1 aliphatic carbocycles. The van der Waals surface area contributed by atoms with Gasteiger partial charge in [-0.15, -0.1) is 0 Å². The van der Waals surface area contributed by atoms with E-state index in [-0.39, 0.29) is 0 Å². The van der Waals surface area contributed by atoms with Crippen LogP contribution in [0.3, 0.4) is 0 Å². The van der Waals surface area contributed by atoms with Crippen molar-refractivity contribution < 1.29 is 9.47 Å². The Hall–Kier alpha value is -2.30. The van der Waals surface area contributed by atoms with Gasteiger partial charge in [0.2, 0.25) is 0 Å². The minimum atomic E-state index is 0.576. The molecular weight excluding hydrogens is 254 g/mol. The Labute approximate surface area is 117 Å². The summed E-state index contributed by atoms with van der Waals surface area (Å²) < 4.78 is 10.6. The fraction of sp³-hybridized carbons (Fsp3) is 0.333. The maximum atomic E-state index is 6.05. The van der Waals surface area contributed by atoms with Crippen LogP contribution in [0.4, 0.5) is 5.82 Å². The van der Waals surface area contributed by atoms with E-state index in [1.807, 2.05) is 18.2 Å². The number of rotatable bonds is 3. The fourth-order valence-electron chi connectivity index (χ4n) is 2.57. The smallest absolute Gasteiger partial charge is 0.165 e. The zero-order chi connectivity index (χ0) is 14.1. The summed E-state index contributed by atoms with van der Waals surface area (Å²) in [6, 6.07) is 5.56. The lowest BCUT2D eigenvalue weighted by atomic mass is 10.1. The lowest BCUT2D eigenvalue weighted by molar-refractivity contribution is 0.404. The van der Waals surface area contributed by atoms with Gasteiger partial charge in [-0.25, -0.2) is 9.97 Å². The van der Waals surface area contributed by atoms with Crippen molar-refractivity contribution in [3.63, 3.8) is 0 Å². The standard InChI is InChI=1S/C15H17N3O2/c1-19-9-6-7-13(20-2)11(8-9)15-17-12-5-3-4-10(12)14(16)18-15/h6-8H,3-5H2,1-2H3,(H2,16,17,18). The molecule has 0 saturated carbocycles. The van der Waals surface area contributed by atoms with Gasteiger partial charge in [-0.2, -0.15) is 0 Å². The summed E-state index contributed by atoms with van der Waals surface area (Å²) in [6.07, 6.45) is 3.02. The summed E-state index contributed by atoms with van der Waals surface area (Å²) in [6.45, 7) is 0. The molecule has 0 unspecified atom stereocenters. The number of aryl methyl sites for hydroxylation is 1. The van der Waals surface area contributed by atoms with Gasteiger partial charge in [0, 0.05) is 11.3 Å². The van der Waals surface area contributed by atoms with E-state index in [0.717, 1.165) is 41.8 Å². The Kier molecular flexibility index (Phi) is 3.18. The topological polar surface area (TPSA) is 70.3 Å². The van der Waals surface area contributed by atoms with Crippen molar-refractivity contribution in [1.82, 2.24) is 9.97 Å². The van der Waals surface area contributed by atoms with Crippen LogP contribution < -0.4 is 15.2 Å². The van der Waals surface area contributed by atoms with Gasteiger partial charge in [-0.1, -0.05) is 0 Å². The lowest BCUT2D eigenvalue weighted by Crippen LogP contribution is -2.03. The SMILES string of the molecule is COc1ccc(OC)c(-c2nc(N)c3c(n2)CCC3)c1. The Bertz CT molecular complexity index is 656. The Morgan fingerprint density at radius 1 is 1.10 bits per heavy atom. The Balaban J connectivity index is 2.15. The monoisotopic (exact) mass is 271 g/mol. The van der Waals surface area contributed by atoms with Gasteiger partial charge in [0.05, 0.1) is 19.8 Å². The summed E-state index contributed by atoms with van der Waals surface area (Å²) >= 11 is 0. The summed E-state index contributed by atoms with van der Waals surface area (Å²) in [5.41, 5.74) is 8.99. The van der Waals surface area contributed by atoms with Crippen molar-refractivity contribution in [2.45, 2.75) is 19.3 Å². The van der Waals surface area contributed by atoms with E-state index in [0.29, 0.717) is 17.4 Å². The van der Waals surface area contributed by atoms with Crippen LogP contribution in [-0.4, -0.2) is 24.2 Å². The summed E-state index contributed by atoms with van der Waals surface area (Å²) in [5, 5.41) is 0. The average molecular weight is 271 g/mol. The molecule has 2 N–H and O–H groups in total. The predicted molar refractivity (Wildman–Crippen MR) is 77.0 cm³/mol. The first-order valence-electron chi connectivity index (χ1n) is 6.60. The second-order valence-electron chi connectivity index (χ2n) is 4.78. The van der Waals surface area contributed by atoms with Gasteiger partial charge in [0.15, 0.2) is 5.82 Å². The van der Waals surface area contributed by atoms with Crippen molar-refractivity contribution in [3.8, 4) is 22.9 Å². The number of aromatic nitrogens is 2. The zero-order valence-corrected chi connectivity index (χ0v) is 11.6. The van der Waals surface area contributed by atoms with Crippen LogP contribution >= 0.6 is 0 Å². The number of fused-ring (bicyclic) bond motifs is 1. The number of ether oxygens (including phenoxy) is 2. The average Bonchev–Trinajstić information content (AvgIpc) is 2.95. The highest BCUT2D eigenvalue weighted by Crippen LogP contribution is 2.34. The van der Waals surface area contributed by atoms with Crippen LogP contribution in [0, 0.1) is 0 Å². The molecule has 3 rings (SSSR count). The number of nitrogens with zero attached hydrogens (tertiary/aromatic N) is 2. The third-order valence-corrected chi connectivity index (χ3v) is 3.61. The Morgan fingerprint density at radius 3 is 2.70 bits per heavy atom. The van der Waals surface area contributed by atoms with E-state index >= 15 is 0 Å². The molecule has 1 aromatic carbocycles. The third-order valence-electron chi connectivity index (χ3n) is 3.61. The number of methoxy groups -OCH3 is 2. The molecule has 1 aliphatic rings. The molecule has 0 radical (unpaired) electrons. The highest BCUT2D eigenvalue weighted by Gasteiger charge is 2.20. The number of nitrogens with two attached hydrogens (primary N) is 1. The van der Waals surface area contributed by atoms with Crippen LogP contribution in [0.5, 0.6) is 11.5 Å². The molecule has 0 saturated heterocycles. The molecule has 0 aliphatic heterocycles. The van der Waals surface area contributed by atoms with Crippen LogP contribution in [-0.2, 0) is 12.8 Å². The van der Waals surface area contributed by atoms with Gasteiger partial charge in [-0.05, 0) is 37.5 Å². The van der Waals surface area contributed by atoms with Crippen molar-refractivity contribution >= 4 is 5.82 Å². The largest absolute Gasteiger partial charge is 0.497 e. The second kappa shape index (κ2) is 5.00. The van der Waals surface area contributed by atoms with Crippen molar-refractivity contribution in [1.29, 1.82) is 0 Å². The summed E-state index contributed by atoms with van der Waals surface area (Å²) in [4.78, 5) is 9.07. The van der Waals surface area contributed by atoms with Crippen LogP contribution in [0.1, 0.15) is 17.7 Å². The van der Waals surface area contributed by atoms with Crippen molar-refractivity contribution in [2.24, 2.45) is 0 Å². The first-order chi connectivity index (χ1) is 9.72. The quantitative estimate of drug-likeness (QED) is 0.927. The van der Waals surface area contributed by atoms with Crippen LogP contribution in [0.15, 0.2) is 18.2 Å². The van der Waals surface area contributed by atoms with Gasteiger partial charge in [-0.3, -0.25) is 0 Å². The van der Waals surface area contributed by atoms with Crippen LogP contribution in [0.2, 0.25) is 0 Å². The first kappa shape index (κ1) is 12.7. The molecule has 20 heavy (non-hydrogen) atoms. The van der Waals surface area contributed by atoms with E-state index in [9.17, 15) is 0 Å². The van der Waals surface area contributed by atoms with E-state index in [4.69, 9.17) is 15.2 Å². The summed E-state index contributed by atoms with van der Waals surface area (Å²) in [7, 11) is 3.26. The first-order valence-corrected chi connectivity index (χ1v) is 6.60. The number of hydrogen-bond donors (Lipinski definition) is 1. The number of hydrogen-bond acceptors (Lipinski definition) is 5. The number of benzene rings is 1. The van der Waals surface area contributed by atoms with E-state index in [1.165, 1.54) is 0 Å². The maximum Gasteiger partial charge on any atom is 0.165 e. The van der Waals surface area contributed by atoms with Gasteiger partial charge >= 0.3 is 0 Å². The normalized spacial score (nSPS) is 13.1. The molecule has 5 nitrogen and oxygen atoms in total. The van der Waals surface area contributed by atoms with Crippen LogP contribution in [0.25, 0.3) is 11.4 Å². The van der Waals surface area contributed by atoms with Gasteiger partial charge in [0.25, 0.3) is 0 Å². The molecule has 1 aromatic heterocycles. The molecule has 0 fully saturated rings. The highest BCUT2D eigenvalue weighted by atomic mass is 16.5. The molecule has 1 heterocycles. The fourth-order valence-corrected chi connectivity index (χ4v) is 2.57. The Morgan fingerprint density at radius 2 is 1.95 bits per heavy atom. The van der Waals surface area contributed by atoms with Crippen molar-refractivity contribution in [2.75, 3.05) is 20.0 Å². The van der Waals surface area contributed by atoms with Gasteiger partial charge in [0.1, 0.15) is 17.3 Å². The molecule has 0 atom stereocenters. The minimum Gasteiger partial charge on any atom is -0.497 e. The second-order valence-corrected chi connectivity index (χ2v) is 4.78. The molecule has 104 valence electrons. The predicted octanol–water partition coefficient (Wildman–Crippen LogP) is 2.23. The number of anilines is 1. The molecular formula is C15H17N3O2. The van der Waals surface area contributed by atoms with Gasteiger partial charge < -0.3 is 15.2 Å². The van der Waals surface area contributed by atoms with E-state index < -0.39 is 0 Å².